The van der Waals surface area contributed by atoms with Crippen LogP contribution in [0, 0.1) is 0 Å². The second-order valence-electron chi connectivity index (χ2n) is 7.08. The normalized spacial score (nSPS) is 14.2. The fourth-order valence-corrected chi connectivity index (χ4v) is 3.37. The quantitative estimate of drug-likeness (QED) is 0.719. The lowest BCUT2D eigenvalue weighted by Gasteiger charge is -2.20. The van der Waals surface area contributed by atoms with Crippen LogP contribution in [0.3, 0.4) is 0 Å². The predicted octanol–water partition coefficient (Wildman–Crippen LogP) is 3.98. The van der Waals surface area contributed by atoms with Crippen LogP contribution in [-0.2, 0) is 4.74 Å². The van der Waals surface area contributed by atoms with Crippen molar-refractivity contribution in [1.82, 2.24) is 4.90 Å². The molecule has 2 aromatic rings. The summed E-state index contributed by atoms with van der Waals surface area (Å²) in [5.41, 5.74) is 1.73. The largest absolute Gasteiger partial charge is 0.490 e. The summed E-state index contributed by atoms with van der Waals surface area (Å²) in [7, 11) is 1.60. The van der Waals surface area contributed by atoms with Crippen LogP contribution in [0.1, 0.15) is 46.4 Å². The number of anilines is 1. The molecule has 0 saturated carbocycles. The van der Waals surface area contributed by atoms with E-state index in [0.717, 1.165) is 25.9 Å². The van der Waals surface area contributed by atoms with Crippen LogP contribution in [0.2, 0.25) is 0 Å². The number of carbonyl (C=O) groups excluding carboxylic acids is 2. The standard InChI is InChI=1S/C23H28N2O4/c1-28-16-17-29-21-9-5-4-8-20(21)22(26)24-19-12-10-18(11-13-19)23(27)25-14-6-2-3-7-15-25/h4-5,8-13H,2-3,6-7,14-17H2,1H3,(H,24,26). The summed E-state index contributed by atoms with van der Waals surface area (Å²) in [6.45, 7) is 2.45. The molecule has 0 aromatic heterocycles. The maximum absolute atomic E-state index is 12.7. The lowest BCUT2D eigenvalue weighted by molar-refractivity contribution is 0.0761. The van der Waals surface area contributed by atoms with Crippen LogP contribution < -0.4 is 10.1 Å². The highest BCUT2D eigenvalue weighted by Crippen LogP contribution is 2.21. The zero-order valence-corrected chi connectivity index (χ0v) is 16.9. The van der Waals surface area contributed by atoms with Gasteiger partial charge >= 0.3 is 0 Å². The molecule has 1 N–H and O–H groups in total. The number of nitrogens with zero attached hydrogens (tertiary/aromatic N) is 1. The molecule has 1 fully saturated rings. The molecule has 0 atom stereocenters. The Hall–Kier alpha value is -2.86. The fourth-order valence-electron chi connectivity index (χ4n) is 3.37. The average molecular weight is 396 g/mol. The number of hydrogen-bond donors (Lipinski definition) is 1. The van der Waals surface area contributed by atoms with Gasteiger partial charge in [0.05, 0.1) is 12.2 Å². The number of para-hydroxylation sites is 1. The van der Waals surface area contributed by atoms with Crippen LogP contribution in [-0.4, -0.2) is 50.1 Å². The van der Waals surface area contributed by atoms with E-state index in [0.29, 0.717) is 35.8 Å². The summed E-state index contributed by atoms with van der Waals surface area (Å²) in [6, 6.07) is 14.1. The Kier molecular flexibility index (Phi) is 7.64. The minimum absolute atomic E-state index is 0.0571. The number of nitrogens with one attached hydrogen (secondary N) is 1. The van der Waals surface area contributed by atoms with Crippen LogP contribution in [0.5, 0.6) is 5.75 Å². The summed E-state index contributed by atoms with van der Waals surface area (Å²) in [4.78, 5) is 27.3. The SMILES string of the molecule is COCCOc1ccccc1C(=O)Nc1ccc(C(=O)N2CCCCCC2)cc1. The molecule has 154 valence electrons. The zero-order valence-electron chi connectivity index (χ0n) is 16.9. The van der Waals surface area contributed by atoms with E-state index in [1.54, 1.807) is 49.6 Å². The van der Waals surface area contributed by atoms with Crippen molar-refractivity contribution in [2.45, 2.75) is 25.7 Å². The van der Waals surface area contributed by atoms with Gasteiger partial charge in [-0.2, -0.15) is 0 Å². The number of benzene rings is 2. The summed E-state index contributed by atoms with van der Waals surface area (Å²) in [5, 5.41) is 2.87. The van der Waals surface area contributed by atoms with Crippen molar-refractivity contribution in [3.8, 4) is 5.75 Å². The Morgan fingerprint density at radius 2 is 1.62 bits per heavy atom. The minimum Gasteiger partial charge on any atom is -0.490 e. The Bertz CT molecular complexity index is 812. The van der Waals surface area contributed by atoms with E-state index in [-0.39, 0.29) is 11.8 Å². The minimum atomic E-state index is -0.260. The van der Waals surface area contributed by atoms with Gasteiger partial charge in [-0.25, -0.2) is 0 Å². The smallest absolute Gasteiger partial charge is 0.259 e. The van der Waals surface area contributed by atoms with Crippen LogP contribution in [0.25, 0.3) is 0 Å². The van der Waals surface area contributed by atoms with Crippen molar-refractivity contribution in [3.05, 3.63) is 59.7 Å². The third kappa shape index (κ3) is 5.81. The van der Waals surface area contributed by atoms with Gasteiger partial charge in [-0.15, -0.1) is 0 Å². The number of carbonyl (C=O) groups is 2. The summed E-state index contributed by atoms with van der Waals surface area (Å²) >= 11 is 0. The first-order valence-corrected chi connectivity index (χ1v) is 10.1. The van der Waals surface area contributed by atoms with E-state index in [1.165, 1.54) is 12.8 Å². The van der Waals surface area contributed by atoms with Gasteiger partial charge in [-0.3, -0.25) is 9.59 Å². The molecule has 1 aliphatic rings. The van der Waals surface area contributed by atoms with Gasteiger partial charge in [0.15, 0.2) is 0 Å². The second-order valence-corrected chi connectivity index (χ2v) is 7.08. The van der Waals surface area contributed by atoms with Gasteiger partial charge in [0.2, 0.25) is 0 Å². The topological polar surface area (TPSA) is 67.9 Å². The highest BCUT2D eigenvalue weighted by Gasteiger charge is 2.17. The van der Waals surface area contributed by atoms with Gasteiger partial charge in [-0.05, 0) is 49.2 Å². The summed E-state index contributed by atoms with van der Waals surface area (Å²) < 4.78 is 10.6. The van der Waals surface area contributed by atoms with E-state index < -0.39 is 0 Å². The van der Waals surface area contributed by atoms with Gasteiger partial charge in [0.1, 0.15) is 12.4 Å². The van der Waals surface area contributed by atoms with Crippen molar-refractivity contribution in [1.29, 1.82) is 0 Å². The lowest BCUT2D eigenvalue weighted by atomic mass is 10.1. The highest BCUT2D eigenvalue weighted by atomic mass is 16.5. The van der Waals surface area contributed by atoms with Crippen molar-refractivity contribution in [3.63, 3.8) is 0 Å². The molecule has 0 radical (unpaired) electrons. The molecule has 0 aliphatic carbocycles. The first-order chi connectivity index (χ1) is 14.2. The summed E-state index contributed by atoms with van der Waals surface area (Å²) in [5.74, 6) is 0.307. The van der Waals surface area contributed by atoms with Gasteiger partial charge < -0.3 is 19.7 Å². The van der Waals surface area contributed by atoms with Crippen molar-refractivity contribution < 1.29 is 19.1 Å². The number of hydrogen-bond acceptors (Lipinski definition) is 4. The molecule has 6 nitrogen and oxygen atoms in total. The molecule has 3 rings (SSSR count). The fraction of sp³-hybridized carbons (Fsp3) is 0.391. The molecule has 1 aliphatic heterocycles. The highest BCUT2D eigenvalue weighted by molar-refractivity contribution is 6.06. The Labute approximate surface area is 171 Å². The molecule has 1 heterocycles. The second kappa shape index (κ2) is 10.6. The van der Waals surface area contributed by atoms with Crippen LogP contribution in [0.4, 0.5) is 5.69 Å². The first-order valence-electron chi connectivity index (χ1n) is 10.1. The van der Waals surface area contributed by atoms with E-state index in [9.17, 15) is 9.59 Å². The number of methoxy groups -OCH3 is 1. The average Bonchev–Trinajstić information content (AvgIpc) is 3.04. The van der Waals surface area contributed by atoms with E-state index in [1.807, 2.05) is 11.0 Å². The zero-order chi connectivity index (χ0) is 20.5. The predicted molar refractivity (Wildman–Crippen MR) is 113 cm³/mol. The number of ether oxygens (including phenoxy) is 2. The van der Waals surface area contributed by atoms with Crippen molar-refractivity contribution >= 4 is 17.5 Å². The van der Waals surface area contributed by atoms with E-state index in [2.05, 4.69) is 5.32 Å². The van der Waals surface area contributed by atoms with Gasteiger partial charge in [-0.1, -0.05) is 25.0 Å². The molecule has 2 amide bonds. The summed E-state index contributed by atoms with van der Waals surface area (Å²) in [6.07, 6.45) is 4.49. The molecule has 29 heavy (non-hydrogen) atoms. The molecule has 0 unspecified atom stereocenters. The molecule has 1 saturated heterocycles. The molecular formula is C23H28N2O4. The van der Waals surface area contributed by atoms with Crippen LogP contribution in [0.15, 0.2) is 48.5 Å². The third-order valence-corrected chi connectivity index (χ3v) is 4.96. The first kappa shape index (κ1) is 20.9. The molecule has 2 aromatic carbocycles. The maximum atomic E-state index is 12.7. The molecular weight excluding hydrogens is 368 g/mol. The van der Waals surface area contributed by atoms with E-state index >= 15 is 0 Å². The van der Waals surface area contributed by atoms with Crippen LogP contribution >= 0.6 is 0 Å². The number of amides is 2. The number of likely N-dealkylation sites (tertiary alicyclic amines) is 1. The monoisotopic (exact) mass is 396 g/mol. The molecule has 0 bridgehead atoms. The lowest BCUT2D eigenvalue weighted by Crippen LogP contribution is -2.31. The van der Waals surface area contributed by atoms with Crippen molar-refractivity contribution in [2.24, 2.45) is 0 Å². The Morgan fingerprint density at radius 1 is 0.931 bits per heavy atom. The Morgan fingerprint density at radius 3 is 2.31 bits per heavy atom. The molecule has 6 heteroatoms. The Balaban J connectivity index is 1.64. The van der Waals surface area contributed by atoms with E-state index in [4.69, 9.17) is 9.47 Å². The van der Waals surface area contributed by atoms with Crippen molar-refractivity contribution in [2.75, 3.05) is 38.7 Å². The van der Waals surface area contributed by atoms with Gasteiger partial charge in [0, 0.05) is 31.5 Å². The third-order valence-electron chi connectivity index (χ3n) is 4.96. The molecule has 0 spiro atoms. The maximum Gasteiger partial charge on any atom is 0.259 e. The van der Waals surface area contributed by atoms with Gasteiger partial charge in [0.25, 0.3) is 11.8 Å². The number of rotatable bonds is 7.